The molecule has 0 saturated carbocycles. The molecule has 0 radical (unpaired) electrons. The molecule has 3 aromatic rings. The lowest BCUT2D eigenvalue weighted by atomic mass is 10.1. The lowest BCUT2D eigenvalue weighted by molar-refractivity contribution is 0.0949. The van der Waals surface area contributed by atoms with E-state index in [-0.39, 0.29) is 23.9 Å². The molecule has 0 aliphatic carbocycles. The Morgan fingerprint density at radius 1 is 1.22 bits per heavy atom. The van der Waals surface area contributed by atoms with Gasteiger partial charge >= 0.3 is 0 Å². The van der Waals surface area contributed by atoms with Gasteiger partial charge in [0, 0.05) is 25.7 Å². The molecule has 2 N–H and O–H groups in total. The van der Waals surface area contributed by atoms with Crippen LogP contribution in [0.25, 0.3) is 10.2 Å². The topological polar surface area (TPSA) is 93.1 Å². The van der Waals surface area contributed by atoms with Crippen molar-refractivity contribution in [1.82, 2.24) is 20.2 Å². The van der Waals surface area contributed by atoms with E-state index in [0.717, 1.165) is 5.56 Å². The van der Waals surface area contributed by atoms with Gasteiger partial charge in [-0.15, -0.1) is 11.3 Å². The van der Waals surface area contributed by atoms with Crippen molar-refractivity contribution in [3.05, 3.63) is 62.5 Å². The van der Waals surface area contributed by atoms with Crippen LogP contribution >= 0.6 is 11.3 Å². The zero-order valence-corrected chi connectivity index (χ0v) is 16.1. The van der Waals surface area contributed by atoms with Crippen molar-refractivity contribution in [3.8, 4) is 0 Å². The number of hydrogen-bond donors (Lipinski definition) is 2. The highest BCUT2D eigenvalue weighted by atomic mass is 32.1. The van der Waals surface area contributed by atoms with Crippen LogP contribution in [0.3, 0.4) is 0 Å². The number of fused-ring (bicyclic) bond motifs is 1. The van der Waals surface area contributed by atoms with Crippen molar-refractivity contribution < 1.29 is 9.59 Å². The molecule has 0 unspecified atom stereocenters. The van der Waals surface area contributed by atoms with Gasteiger partial charge < -0.3 is 15.2 Å². The third kappa shape index (κ3) is 3.75. The van der Waals surface area contributed by atoms with Crippen molar-refractivity contribution in [2.45, 2.75) is 20.4 Å². The van der Waals surface area contributed by atoms with E-state index in [2.05, 4.69) is 15.6 Å². The molecule has 7 nitrogen and oxygen atoms in total. The predicted octanol–water partition coefficient (Wildman–Crippen LogP) is 1.98. The van der Waals surface area contributed by atoms with Crippen LogP contribution in [0, 0.1) is 6.92 Å². The zero-order chi connectivity index (χ0) is 19.6. The van der Waals surface area contributed by atoms with E-state index in [1.54, 1.807) is 32.2 Å². The molecule has 1 aromatic carbocycles. The van der Waals surface area contributed by atoms with E-state index >= 15 is 0 Å². The number of benzene rings is 1. The molecule has 2 heterocycles. The maximum atomic E-state index is 12.6. The Hall–Kier alpha value is -3.00. The molecule has 0 spiro atoms. The van der Waals surface area contributed by atoms with Crippen LogP contribution in [-0.4, -0.2) is 27.9 Å². The van der Waals surface area contributed by atoms with Crippen molar-refractivity contribution in [3.63, 3.8) is 0 Å². The van der Waals surface area contributed by atoms with E-state index in [0.29, 0.717) is 32.8 Å². The molecular formula is C19H20N4O3S. The molecule has 0 atom stereocenters. The summed E-state index contributed by atoms with van der Waals surface area (Å²) in [6.45, 7) is 4.45. The average molecular weight is 384 g/mol. The summed E-state index contributed by atoms with van der Waals surface area (Å²) in [5.41, 5.74) is 1.84. The summed E-state index contributed by atoms with van der Waals surface area (Å²) in [5, 5.41) is 6.08. The summed E-state index contributed by atoms with van der Waals surface area (Å²) in [5.74, 6) is -0.408. The molecule has 0 aliphatic rings. The van der Waals surface area contributed by atoms with Gasteiger partial charge in [0.1, 0.15) is 4.83 Å². The van der Waals surface area contributed by atoms with Crippen molar-refractivity contribution >= 4 is 33.4 Å². The van der Waals surface area contributed by atoms with Crippen LogP contribution in [-0.2, 0) is 13.6 Å². The van der Waals surface area contributed by atoms with Gasteiger partial charge in [0.05, 0.1) is 16.6 Å². The van der Waals surface area contributed by atoms with Crippen LogP contribution in [0.5, 0.6) is 0 Å². The molecule has 0 saturated heterocycles. The number of nitrogens with zero attached hydrogens (tertiary/aromatic N) is 2. The first-order valence-electron chi connectivity index (χ1n) is 8.52. The van der Waals surface area contributed by atoms with Gasteiger partial charge in [0.25, 0.3) is 17.4 Å². The molecule has 2 amide bonds. The van der Waals surface area contributed by atoms with Gasteiger partial charge in [0.2, 0.25) is 0 Å². The van der Waals surface area contributed by atoms with Crippen LogP contribution in [0.4, 0.5) is 0 Å². The lowest BCUT2D eigenvalue weighted by Gasteiger charge is -2.07. The van der Waals surface area contributed by atoms with Crippen molar-refractivity contribution in [1.29, 1.82) is 0 Å². The Bertz CT molecular complexity index is 1080. The highest BCUT2D eigenvalue weighted by Gasteiger charge is 2.18. The summed E-state index contributed by atoms with van der Waals surface area (Å²) in [6.07, 6.45) is 1.45. The SMILES string of the molecule is CCNC(=O)c1cccc(CNC(=O)c2sc3ncn(C)c(=O)c3c2C)c1. The number of aromatic nitrogens is 2. The van der Waals surface area contributed by atoms with E-state index in [1.165, 1.54) is 22.2 Å². The van der Waals surface area contributed by atoms with Gasteiger partial charge in [0.15, 0.2) is 0 Å². The zero-order valence-electron chi connectivity index (χ0n) is 15.3. The predicted molar refractivity (Wildman–Crippen MR) is 105 cm³/mol. The van der Waals surface area contributed by atoms with Gasteiger partial charge in [-0.1, -0.05) is 12.1 Å². The number of rotatable bonds is 5. The molecule has 3 rings (SSSR count). The number of carbonyl (C=O) groups excluding carboxylic acids is 2. The first-order valence-corrected chi connectivity index (χ1v) is 9.34. The monoisotopic (exact) mass is 384 g/mol. The fourth-order valence-electron chi connectivity index (χ4n) is 2.77. The highest BCUT2D eigenvalue weighted by molar-refractivity contribution is 7.20. The number of amides is 2. The second-order valence-electron chi connectivity index (χ2n) is 6.14. The second-order valence-corrected chi connectivity index (χ2v) is 7.14. The van der Waals surface area contributed by atoms with E-state index in [9.17, 15) is 14.4 Å². The standard InChI is InChI=1S/C19H20N4O3S/c1-4-20-16(24)13-7-5-6-12(8-13)9-21-17(25)15-11(2)14-18(27-15)22-10-23(3)19(14)26/h5-8,10H,4,9H2,1-3H3,(H,20,24)(H,21,25). The molecule has 2 aromatic heterocycles. The molecule has 0 fully saturated rings. The number of nitrogens with one attached hydrogen (secondary N) is 2. The van der Waals surface area contributed by atoms with E-state index < -0.39 is 0 Å². The van der Waals surface area contributed by atoms with Crippen molar-refractivity contribution in [2.24, 2.45) is 7.05 Å². The second kappa shape index (κ2) is 7.71. The van der Waals surface area contributed by atoms with Gasteiger partial charge in [-0.3, -0.25) is 14.4 Å². The van der Waals surface area contributed by atoms with Crippen LogP contribution in [0.1, 0.15) is 38.1 Å². The maximum Gasteiger partial charge on any atom is 0.262 e. The fourth-order valence-corrected chi connectivity index (χ4v) is 3.83. The quantitative estimate of drug-likeness (QED) is 0.703. The largest absolute Gasteiger partial charge is 0.352 e. The summed E-state index contributed by atoms with van der Waals surface area (Å²) >= 11 is 1.20. The Labute approximate surface area is 160 Å². The Morgan fingerprint density at radius 3 is 2.74 bits per heavy atom. The number of carbonyl (C=O) groups is 2. The smallest absolute Gasteiger partial charge is 0.262 e. The van der Waals surface area contributed by atoms with Crippen LogP contribution in [0.15, 0.2) is 35.4 Å². The lowest BCUT2D eigenvalue weighted by Crippen LogP contribution is -2.24. The first kappa shape index (κ1) is 18.8. The summed E-state index contributed by atoms with van der Waals surface area (Å²) < 4.78 is 1.40. The summed E-state index contributed by atoms with van der Waals surface area (Å²) in [7, 11) is 1.63. The molecule has 8 heteroatoms. The maximum absolute atomic E-state index is 12.6. The molecule has 27 heavy (non-hydrogen) atoms. The summed E-state index contributed by atoms with van der Waals surface area (Å²) in [6, 6.07) is 7.11. The molecule has 0 bridgehead atoms. The average Bonchev–Trinajstić information content (AvgIpc) is 3.00. The minimum absolute atomic E-state index is 0.145. The van der Waals surface area contributed by atoms with Gasteiger partial charge in [-0.25, -0.2) is 4.98 Å². The number of aryl methyl sites for hydroxylation is 2. The third-order valence-electron chi connectivity index (χ3n) is 4.20. The van der Waals surface area contributed by atoms with Crippen molar-refractivity contribution in [2.75, 3.05) is 6.54 Å². The number of hydrogen-bond acceptors (Lipinski definition) is 5. The highest BCUT2D eigenvalue weighted by Crippen LogP contribution is 2.26. The van der Waals surface area contributed by atoms with Crippen LogP contribution in [0.2, 0.25) is 0 Å². The van der Waals surface area contributed by atoms with Gasteiger partial charge in [-0.05, 0) is 37.1 Å². The Balaban J connectivity index is 1.79. The Morgan fingerprint density at radius 2 is 2.00 bits per heavy atom. The molecule has 0 aliphatic heterocycles. The number of thiophene rings is 1. The normalized spacial score (nSPS) is 10.8. The molecular weight excluding hydrogens is 364 g/mol. The molecule has 140 valence electrons. The van der Waals surface area contributed by atoms with Crippen LogP contribution < -0.4 is 16.2 Å². The van der Waals surface area contributed by atoms with E-state index in [1.807, 2.05) is 13.0 Å². The Kier molecular flexibility index (Phi) is 5.36. The minimum atomic E-state index is -0.263. The van der Waals surface area contributed by atoms with E-state index in [4.69, 9.17) is 0 Å². The first-order chi connectivity index (χ1) is 12.9. The van der Waals surface area contributed by atoms with Gasteiger partial charge in [-0.2, -0.15) is 0 Å². The minimum Gasteiger partial charge on any atom is -0.352 e. The fraction of sp³-hybridized carbons (Fsp3) is 0.263. The third-order valence-corrected chi connectivity index (χ3v) is 5.39. The summed E-state index contributed by atoms with van der Waals surface area (Å²) in [4.78, 5) is 42.1.